The van der Waals surface area contributed by atoms with Gasteiger partial charge in [-0.1, -0.05) is 48.4 Å². The number of halogens is 1. The maximum atomic E-state index is 13.0. The third kappa shape index (κ3) is 3.65. The number of hydrogen-bond acceptors (Lipinski definition) is 4. The second-order valence-electron chi connectivity index (χ2n) is 6.97. The summed E-state index contributed by atoms with van der Waals surface area (Å²) in [7, 11) is 0. The Labute approximate surface area is 168 Å². The standard InChI is InChI=1S/C23H20ClNO3/c24-18-11-6-4-8-15(18)21(26)14-28-23(27)22-16-9-2-1-3-12-19(16)25-20-13-7-5-10-17(20)22/h4-8,10-11,13H,1-3,9,12,14H2. The molecule has 0 fully saturated rings. The lowest BCUT2D eigenvalue weighted by atomic mass is 9.97. The largest absolute Gasteiger partial charge is 0.454 e. The minimum atomic E-state index is -0.475. The summed E-state index contributed by atoms with van der Waals surface area (Å²) in [5.41, 5.74) is 3.63. The summed E-state index contributed by atoms with van der Waals surface area (Å²) in [4.78, 5) is 30.2. The van der Waals surface area contributed by atoms with E-state index in [0.29, 0.717) is 16.1 Å². The summed E-state index contributed by atoms with van der Waals surface area (Å²) in [5, 5.41) is 1.13. The van der Waals surface area contributed by atoms with Crippen molar-refractivity contribution in [2.75, 3.05) is 6.61 Å². The molecule has 4 nitrogen and oxygen atoms in total. The molecule has 0 amide bonds. The fourth-order valence-electron chi connectivity index (χ4n) is 3.75. The Balaban J connectivity index is 1.66. The fraction of sp³-hybridized carbons (Fsp3) is 0.261. The molecule has 0 saturated carbocycles. The highest BCUT2D eigenvalue weighted by Gasteiger charge is 2.23. The Morgan fingerprint density at radius 3 is 2.57 bits per heavy atom. The second-order valence-corrected chi connectivity index (χ2v) is 7.38. The molecular formula is C23H20ClNO3. The molecular weight excluding hydrogens is 374 g/mol. The van der Waals surface area contributed by atoms with Crippen LogP contribution in [0.5, 0.6) is 0 Å². The molecule has 0 aliphatic heterocycles. The zero-order valence-electron chi connectivity index (χ0n) is 15.4. The van der Waals surface area contributed by atoms with Crippen molar-refractivity contribution in [3.05, 3.63) is 75.9 Å². The van der Waals surface area contributed by atoms with E-state index in [1.807, 2.05) is 24.3 Å². The zero-order valence-corrected chi connectivity index (χ0v) is 16.2. The fourth-order valence-corrected chi connectivity index (χ4v) is 3.99. The van der Waals surface area contributed by atoms with Crippen molar-refractivity contribution in [3.63, 3.8) is 0 Å². The number of rotatable bonds is 4. The van der Waals surface area contributed by atoms with Crippen molar-refractivity contribution in [1.29, 1.82) is 0 Å². The van der Waals surface area contributed by atoms with Crippen molar-refractivity contribution < 1.29 is 14.3 Å². The first-order valence-corrected chi connectivity index (χ1v) is 9.88. The third-order valence-electron chi connectivity index (χ3n) is 5.13. The van der Waals surface area contributed by atoms with Crippen LogP contribution in [0.4, 0.5) is 0 Å². The van der Waals surface area contributed by atoms with E-state index < -0.39 is 5.97 Å². The molecule has 142 valence electrons. The molecule has 0 bridgehead atoms. The first-order chi connectivity index (χ1) is 13.6. The number of Topliss-reactive ketones (excluding diaryl/α,β-unsaturated/α-hetero) is 1. The number of hydrogen-bond donors (Lipinski definition) is 0. The van der Waals surface area contributed by atoms with E-state index in [1.54, 1.807) is 24.3 Å². The van der Waals surface area contributed by atoms with Gasteiger partial charge in [0.25, 0.3) is 0 Å². The van der Waals surface area contributed by atoms with Crippen LogP contribution in [0, 0.1) is 0 Å². The van der Waals surface area contributed by atoms with Gasteiger partial charge >= 0.3 is 5.97 Å². The number of carbonyl (C=O) groups excluding carboxylic acids is 2. The van der Waals surface area contributed by atoms with Gasteiger partial charge in [-0.15, -0.1) is 0 Å². The highest BCUT2D eigenvalue weighted by molar-refractivity contribution is 6.34. The van der Waals surface area contributed by atoms with Gasteiger partial charge in [-0.2, -0.15) is 0 Å². The van der Waals surface area contributed by atoms with Crippen LogP contribution < -0.4 is 0 Å². The van der Waals surface area contributed by atoms with Crippen molar-refractivity contribution in [2.24, 2.45) is 0 Å². The van der Waals surface area contributed by atoms with E-state index in [9.17, 15) is 9.59 Å². The van der Waals surface area contributed by atoms with Gasteiger partial charge in [-0.25, -0.2) is 4.79 Å². The van der Waals surface area contributed by atoms with E-state index in [-0.39, 0.29) is 12.4 Å². The predicted octanol–water partition coefficient (Wildman–Crippen LogP) is 5.20. The minimum absolute atomic E-state index is 0.316. The van der Waals surface area contributed by atoms with Gasteiger partial charge in [0.2, 0.25) is 5.78 Å². The van der Waals surface area contributed by atoms with Crippen LogP contribution in [0.1, 0.15) is 51.2 Å². The topological polar surface area (TPSA) is 56.3 Å². The van der Waals surface area contributed by atoms with E-state index >= 15 is 0 Å². The highest BCUT2D eigenvalue weighted by Crippen LogP contribution is 2.29. The lowest BCUT2D eigenvalue weighted by molar-refractivity contribution is 0.0475. The van der Waals surface area contributed by atoms with E-state index in [4.69, 9.17) is 21.3 Å². The predicted molar refractivity (Wildman–Crippen MR) is 109 cm³/mol. The second kappa shape index (κ2) is 8.11. The van der Waals surface area contributed by atoms with Crippen LogP contribution >= 0.6 is 11.6 Å². The van der Waals surface area contributed by atoms with Gasteiger partial charge in [0.15, 0.2) is 6.61 Å². The maximum absolute atomic E-state index is 13.0. The average molecular weight is 394 g/mol. The molecule has 0 unspecified atom stereocenters. The molecule has 5 heteroatoms. The SMILES string of the molecule is O=C(COC(=O)c1c2c(nc3ccccc13)CCCCC2)c1ccccc1Cl. The maximum Gasteiger partial charge on any atom is 0.339 e. The van der Waals surface area contributed by atoms with Gasteiger partial charge in [-0.3, -0.25) is 9.78 Å². The van der Waals surface area contributed by atoms with Gasteiger partial charge in [-0.05, 0) is 49.4 Å². The van der Waals surface area contributed by atoms with Crippen molar-refractivity contribution >= 4 is 34.3 Å². The van der Waals surface area contributed by atoms with Crippen molar-refractivity contribution in [1.82, 2.24) is 4.98 Å². The summed E-state index contributed by atoms with van der Waals surface area (Å²) in [6, 6.07) is 14.4. The van der Waals surface area contributed by atoms with Gasteiger partial charge in [0, 0.05) is 16.6 Å². The number of esters is 1. The first kappa shape index (κ1) is 18.6. The van der Waals surface area contributed by atoms with Crippen LogP contribution in [0.2, 0.25) is 5.02 Å². The molecule has 1 aromatic heterocycles. The Bertz CT molecular complexity index is 1060. The van der Waals surface area contributed by atoms with Crippen LogP contribution in [-0.2, 0) is 17.6 Å². The molecule has 3 aromatic rings. The monoisotopic (exact) mass is 393 g/mol. The molecule has 0 atom stereocenters. The Hall–Kier alpha value is -2.72. The average Bonchev–Trinajstić information content (AvgIpc) is 2.95. The number of aromatic nitrogens is 1. The van der Waals surface area contributed by atoms with Gasteiger partial charge in [0.05, 0.1) is 16.1 Å². The number of benzene rings is 2. The number of aryl methyl sites for hydroxylation is 1. The normalized spacial score (nSPS) is 13.6. The molecule has 0 spiro atoms. The van der Waals surface area contributed by atoms with E-state index in [0.717, 1.165) is 54.3 Å². The molecule has 2 aromatic carbocycles. The lowest BCUT2D eigenvalue weighted by Crippen LogP contribution is -2.17. The van der Waals surface area contributed by atoms with E-state index in [2.05, 4.69) is 0 Å². The molecule has 0 saturated heterocycles. The lowest BCUT2D eigenvalue weighted by Gasteiger charge is -2.15. The molecule has 1 aliphatic rings. The Morgan fingerprint density at radius 2 is 1.71 bits per heavy atom. The zero-order chi connectivity index (χ0) is 19.5. The van der Waals surface area contributed by atoms with Gasteiger partial charge in [0.1, 0.15) is 0 Å². The van der Waals surface area contributed by atoms with Crippen molar-refractivity contribution in [2.45, 2.75) is 32.1 Å². The number of para-hydroxylation sites is 1. The van der Waals surface area contributed by atoms with Crippen molar-refractivity contribution in [3.8, 4) is 0 Å². The number of nitrogens with zero attached hydrogens (tertiary/aromatic N) is 1. The Kier molecular flexibility index (Phi) is 5.40. The van der Waals surface area contributed by atoms with E-state index in [1.165, 1.54) is 0 Å². The molecule has 0 radical (unpaired) electrons. The smallest absolute Gasteiger partial charge is 0.339 e. The molecule has 4 rings (SSSR count). The summed E-state index contributed by atoms with van der Waals surface area (Å²) >= 11 is 6.07. The molecule has 28 heavy (non-hydrogen) atoms. The summed E-state index contributed by atoms with van der Waals surface area (Å²) in [6.45, 7) is -0.339. The number of pyridine rings is 1. The number of fused-ring (bicyclic) bond motifs is 2. The highest BCUT2D eigenvalue weighted by atomic mass is 35.5. The number of ketones is 1. The Morgan fingerprint density at radius 1 is 0.964 bits per heavy atom. The third-order valence-corrected chi connectivity index (χ3v) is 5.46. The minimum Gasteiger partial charge on any atom is -0.454 e. The summed E-state index contributed by atoms with van der Waals surface area (Å²) < 4.78 is 5.44. The van der Waals surface area contributed by atoms with Crippen LogP contribution in [0.3, 0.4) is 0 Å². The number of ether oxygens (including phenoxy) is 1. The van der Waals surface area contributed by atoms with Crippen LogP contribution in [-0.4, -0.2) is 23.3 Å². The van der Waals surface area contributed by atoms with Crippen LogP contribution in [0.25, 0.3) is 10.9 Å². The quantitative estimate of drug-likeness (QED) is 0.347. The molecule has 1 aliphatic carbocycles. The summed E-state index contributed by atoms with van der Waals surface area (Å²) in [5.74, 6) is -0.791. The molecule has 0 N–H and O–H groups in total. The van der Waals surface area contributed by atoms with Crippen LogP contribution in [0.15, 0.2) is 48.5 Å². The molecule has 1 heterocycles. The summed E-state index contributed by atoms with van der Waals surface area (Å²) in [6.07, 6.45) is 4.87. The number of carbonyl (C=O) groups is 2. The van der Waals surface area contributed by atoms with Gasteiger partial charge < -0.3 is 4.74 Å². The first-order valence-electron chi connectivity index (χ1n) is 9.50.